The second-order valence-corrected chi connectivity index (χ2v) is 10.1. The molecule has 1 aromatic rings. The molecule has 0 aliphatic carbocycles. The van der Waals surface area contributed by atoms with E-state index < -0.39 is 0 Å². The zero-order chi connectivity index (χ0) is 24.8. The van der Waals surface area contributed by atoms with Crippen LogP contribution in [0.4, 0.5) is 5.69 Å². The van der Waals surface area contributed by atoms with Crippen LogP contribution in [0.3, 0.4) is 0 Å². The Bertz CT molecular complexity index is 901. The molecule has 3 saturated heterocycles. The Morgan fingerprint density at radius 3 is 2.86 bits per heavy atom. The van der Waals surface area contributed by atoms with E-state index in [2.05, 4.69) is 15.1 Å². The van der Waals surface area contributed by atoms with Crippen LogP contribution in [-0.4, -0.2) is 92.9 Å². The summed E-state index contributed by atoms with van der Waals surface area (Å²) >= 11 is 6.08. The van der Waals surface area contributed by atoms with Crippen LogP contribution in [0, 0.1) is 0 Å². The smallest absolute Gasteiger partial charge is 0.306 e. The number of carbonyl (C=O) groups excluding carboxylic acids is 2. The number of anilines is 1. The summed E-state index contributed by atoms with van der Waals surface area (Å²) in [6, 6.07) is 3.76. The van der Waals surface area contributed by atoms with Crippen LogP contribution in [0.2, 0.25) is 5.02 Å². The zero-order valence-corrected chi connectivity index (χ0v) is 21.2. The number of benzene rings is 1. The van der Waals surface area contributed by atoms with Crippen molar-refractivity contribution in [3.05, 3.63) is 22.7 Å². The van der Waals surface area contributed by atoms with E-state index in [1.54, 1.807) is 6.07 Å². The summed E-state index contributed by atoms with van der Waals surface area (Å²) in [6.45, 7) is 5.26. The number of nitrogens with one attached hydrogen (secondary N) is 1. The molecule has 3 N–H and O–H groups in total. The fourth-order valence-corrected chi connectivity index (χ4v) is 5.27. The van der Waals surface area contributed by atoms with Crippen LogP contribution >= 0.6 is 11.6 Å². The first kappa shape index (κ1) is 26.0. The van der Waals surface area contributed by atoms with Crippen molar-refractivity contribution in [2.24, 2.45) is 0 Å². The molecular formula is C25H37ClN4O5. The Balaban J connectivity index is 1.16. The molecule has 3 aliphatic heterocycles. The highest BCUT2D eigenvalue weighted by Gasteiger charge is 2.33. The number of hydrogen-bond donors (Lipinski definition) is 2. The molecule has 3 atom stereocenters. The normalized spacial score (nSPS) is 25.1. The highest BCUT2D eigenvalue weighted by atomic mass is 35.5. The highest BCUT2D eigenvalue weighted by Crippen LogP contribution is 2.29. The van der Waals surface area contributed by atoms with Gasteiger partial charge in [-0.3, -0.25) is 19.4 Å². The molecule has 10 heteroatoms. The SMILES string of the molecule is COc1cc(N)c(Cl)cc1C(=O)NC[C@@H]1CN(CCCC(=O)OC2CCCC3CCN3C2)CCO1. The van der Waals surface area contributed by atoms with Crippen molar-refractivity contribution < 1.29 is 23.8 Å². The van der Waals surface area contributed by atoms with E-state index in [4.69, 9.17) is 31.5 Å². The van der Waals surface area contributed by atoms with E-state index in [9.17, 15) is 9.59 Å². The molecule has 3 aliphatic rings. The summed E-state index contributed by atoms with van der Waals surface area (Å²) in [5, 5.41) is 3.20. The monoisotopic (exact) mass is 508 g/mol. The van der Waals surface area contributed by atoms with E-state index in [0.717, 1.165) is 45.4 Å². The second kappa shape index (κ2) is 12.3. The van der Waals surface area contributed by atoms with Gasteiger partial charge in [0.25, 0.3) is 5.91 Å². The lowest BCUT2D eigenvalue weighted by Gasteiger charge is -2.40. The number of nitrogens with zero attached hydrogens (tertiary/aromatic N) is 2. The van der Waals surface area contributed by atoms with Crippen LogP contribution in [-0.2, 0) is 14.3 Å². The number of esters is 1. The van der Waals surface area contributed by atoms with Gasteiger partial charge in [-0.25, -0.2) is 0 Å². The standard InChI is InChI=1S/C25H37ClN4O5/c1-33-23-13-22(27)21(26)12-20(23)25(32)28-14-19-15-29(10-11-34-19)8-3-6-24(31)35-18-5-2-4-17-7-9-30(17)16-18/h12-13,17-19H,2-11,14-16,27H2,1H3,(H,28,32)/t17?,18?,19-/m1/s1. The molecule has 0 spiro atoms. The maximum Gasteiger partial charge on any atom is 0.306 e. The summed E-state index contributed by atoms with van der Waals surface area (Å²) in [4.78, 5) is 29.8. The van der Waals surface area contributed by atoms with Gasteiger partial charge in [0.1, 0.15) is 11.9 Å². The lowest BCUT2D eigenvalue weighted by Crippen LogP contribution is -2.49. The molecule has 0 saturated carbocycles. The Morgan fingerprint density at radius 2 is 2.09 bits per heavy atom. The minimum Gasteiger partial charge on any atom is -0.496 e. The first-order chi connectivity index (χ1) is 16.9. The number of methoxy groups -OCH3 is 1. The summed E-state index contributed by atoms with van der Waals surface area (Å²) in [5.74, 6) is -0.0200. The Kier molecular flexibility index (Phi) is 9.10. The van der Waals surface area contributed by atoms with E-state index >= 15 is 0 Å². The van der Waals surface area contributed by atoms with Gasteiger partial charge in [-0.1, -0.05) is 11.6 Å². The van der Waals surface area contributed by atoms with Crippen molar-refractivity contribution in [1.82, 2.24) is 15.1 Å². The molecule has 3 fully saturated rings. The summed E-state index contributed by atoms with van der Waals surface area (Å²) < 4.78 is 16.9. The second-order valence-electron chi connectivity index (χ2n) is 9.66. The molecule has 1 amide bonds. The van der Waals surface area contributed by atoms with Gasteiger partial charge in [-0.05, 0) is 44.7 Å². The summed E-state index contributed by atoms with van der Waals surface area (Å²) in [6.07, 6.45) is 5.72. The number of carbonyl (C=O) groups is 2. The van der Waals surface area contributed by atoms with E-state index in [1.165, 1.54) is 26.0 Å². The van der Waals surface area contributed by atoms with Gasteiger partial charge in [0, 0.05) is 51.3 Å². The summed E-state index contributed by atoms with van der Waals surface area (Å²) in [7, 11) is 1.48. The van der Waals surface area contributed by atoms with Crippen molar-refractivity contribution >= 4 is 29.2 Å². The molecule has 194 valence electrons. The van der Waals surface area contributed by atoms with Crippen molar-refractivity contribution in [2.45, 2.75) is 56.8 Å². The lowest BCUT2D eigenvalue weighted by molar-refractivity contribution is -0.151. The fourth-order valence-electron chi connectivity index (χ4n) is 5.11. The number of fused-ring (bicyclic) bond motifs is 1. The average molecular weight is 509 g/mol. The van der Waals surface area contributed by atoms with Gasteiger partial charge < -0.3 is 25.3 Å². The Morgan fingerprint density at radius 1 is 1.23 bits per heavy atom. The third kappa shape index (κ3) is 7.00. The Labute approximate surface area is 212 Å². The first-order valence-electron chi connectivity index (χ1n) is 12.6. The molecule has 9 nitrogen and oxygen atoms in total. The molecule has 0 radical (unpaired) electrons. The molecule has 1 aromatic carbocycles. The predicted octanol–water partition coefficient (Wildman–Crippen LogP) is 2.31. The minimum atomic E-state index is -0.296. The molecule has 35 heavy (non-hydrogen) atoms. The molecule has 2 unspecified atom stereocenters. The van der Waals surface area contributed by atoms with Gasteiger partial charge in [-0.15, -0.1) is 0 Å². The number of halogens is 1. The molecule has 3 heterocycles. The van der Waals surface area contributed by atoms with Gasteiger partial charge >= 0.3 is 5.97 Å². The Hall–Kier alpha value is -2.07. The third-order valence-electron chi connectivity index (χ3n) is 7.20. The van der Waals surface area contributed by atoms with Crippen molar-refractivity contribution in [3.63, 3.8) is 0 Å². The molecule has 0 bridgehead atoms. The van der Waals surface area contributed by atoms with Crippen LogP contribution in [0.1, 0.15) is 48.9 Å². The van der Waals surface area contributed by atoms with Crippen LogP contribution in [0.5, 0.6) is 5.75 Å². The van der Waals surface area contributed by atoms with E-state index in [0.29, 0.717) is 54.2 Å². The topological polar surface area (TPSA) is 106 Å². The van der Waals surface area contributed by atoms with Crippen LogP contribution in [0.15, 0.2) is 12.1 Å². The maximum absolute atomic E-state index is 12.7. The zero-order valence-electron chi connectivity index (χ0n) is 20.5. The first-order valence-corrected chi connectivity index (χ1v) is 13.0. The van der Waals surface area contributed by atoms with E-state index in [-0.39, 0.29) is 24.1 Å². The van der Waals surface area contributed by atoms with Crippen molar-refractivity contribution in [2.75, 3.05) is 58.7 Å². The van der Waals surface area contributed by atoms with Gasteiger partial charge in [0.15, 0.2) is 0 Å². The predicted molar refractivity (Wildman–Crippen MR) is 134 cm³/mol. The minimum absolute atomic E-state index is 0.0405. The van der Waals surface area contributed by atoms with Gasteiger partial charge in [0.2, 0.25) is 0 Å². The van der Waals surface area contributed by atoms with Gasteiger partial charge in [-0.2, -0.15) is 0 Å². The van der Waals surface area contributed by atoms with Crippen LogP contribution in [0.25, 0.3) is 0 Å². The third-order valence-corrected chi connectivity index (χ3v) is 7.52. The summed E-state index contributed by atoms with van der Waals surface area (Å²) in [5.41, 5.74) is 6.48. The largest absolute Gasteiger partial charge is 0.496 e. The lowest BCUT2D eigenvalue weighted by atomic mass is 10.00. The number of nitrogens with two attached hydrogens (primary N) is 1. The maximum atomic E-state index is 12.7. The number of hydrogen-bond acceptors (Lipinski definition) is 8. The molecular weight excluding hydrogens is 472 g/mol. The van der Waals surface area contributed by atoms with E-state index in [1.807, 2.05) is 0 Å². The number of ether oxygens (including phenoxy) is 3. The van der Waals surface area contributed by atoms with Crippen molar-refractivity contribution in [1.29, 1.82) is 0 Å². The number of rotatable bonds is 9. The highest BCUT2D eigenvalue weighted by molar-refractivity contribution is 6.33. The van der Waals surface area contributed by atoms with Crippen LogP contribution < -0.4 is 15.8 Å². The molecule has 0 aromatic heterocycles. The van der Waals surface area contributed by atoms with Gasteiger partial charge in [0.05, 0.1) is 36.1 Å². The molecule has 4 rings (SSSR count). The number of nitrogen functional groups attached to an aromatic ring is 1. The number of amides is 1. The quantitative estimate of drug-likeness (QED) is 0.386. The fraction of sp³-hybridized carbons (Fsp3) is 0.680. The number of morpholine rings is 1. The average Bonchev–Trinajstić information content (AvgIpc) is 2.97. The van der Waals surface area contributed by atoms with Crippen molar-refractivity contribution in [3.8, 4) is 5.75 Å².